The number of nitrogens with zero attached hydrogens (tertiary/aromatic N) is 1. The van der Waals surface area contributed by atoms with Crippen molar-refractivity contribution in [1.82, 2.24) is 10.2 Å². The Morgan fingerprint density at radius 1 is 1.23 bits per heavy atom. The average molecular weight is 305 g/mol. The number of hydrogen-bond donors (Lipinski definition) is 2. The molecule has 120 valence electrons. The van der Waals surface area contributed by atoms with Gasteiger partial charge in [-0.3, -0.25) is 4.79 Å². The number of likely N-dealkylation sites (tertiary alicyclic amines) is 1. The SMILES string of the molecule is CCOc1ccc(NC(=O)N2CCC(NC(C)=O)CC2)cc1. The van der Waals surface area contributed by atoms with Gasteiger partial charge in [0.2, 0.25) is 5.91 Å². The van der Waals surface area contributed by atoms with Crippen molar-refractivity contribution in [2.45, 2.75) is 32.7 Å². The Balaban J connectivity index is 1.81. The van der Waals surface area contributed by atoms with Crippen molar-refractivity contribution in [3.05, 3.63) is 24.3 Å². The second-order valence-electron chi connectivity index (χ2n) is 5.35. The topological polar surface area (TPSA) is 70.7 Å². The molecule has 1 aliphatic heterocycles. The third kappa shape index (κ3) is 4.65. The molecule has 1 heterocycles. The number of benzene rings is 1. The number of ether oxygens (including phenoxy) is 1. The molecule has 1 aliphatic rings. The van der Waals surface area contributed by atoms with Gasteiger partial charge in [0.15, 0.2) is 0 Å². The molecule has 1 saturated heterocycles. The summed E-state index contributed by atoms with van der Waals surface area (Å²) in [6.07, 6.45) is 1.58. The quantitative estimate of drug-likeness (QED) is 0.896. The first-order chi connectivity index (χ1) is 10.6. The highest BCUT2D eigenvalue weighted by atomic mass is 16.5. The predicted molar refractivity (Wildman–Crippen MR) is 85.0 cm³/mol. The molecule has 0 aromatic heterocycles. The maximum absolute atomic E-state index is 12.2. The van der Waals surface area contributed by atoms with Crippen LogP contribution in [0.5, 0.6) is 5.75 Å². The van der Waals surface area contributed by atoms with E-state index in [0.29, 0.717) is 19.7 Å². The Hall–Kier alpha value is -2.24. The van der Waals surface area contributed by atoms with Crippen molar-refractivity contribution in [2.24, 2.45) is 0 Å². The molecule has 0 radical (unpaired) electrons. The third-order valence-electron chi connectivity index (χ3n) is 3.61. The van der Waals surface area contributed by atoms with E-state index in [0.717, 1.165) is 24.3 Å². The molecule has 1 aromatic carbocycles. The van der Waals surface area contributed by atoms with Crippen LogP contribution in [-0.4, -0.2) is 42.6 Å². The summed E-state index contributed by atoms with van der Waals surface area (Å²) >= 11 is 0. The van der Waals surface area contributed by atoms with E-state index in [2.05, 4.69) is 10.6 Å². The third-order valence-corrected chi connectivity index (χ3v) is 3.61. The van der Waals surface area contributed by atoms with Crippen LogP contribution in [0.4, 0.5) is 10.5 Å². The fraction of sp³-hybridized carbons (Fsp3) is 0.500. The number of carbonyl (C=O) groups excluding carboxylic acids is 2. The van der Waals surface area contributed by atoms with Gasteiger partial charge in [-0.05, 0) is 44.0 Å². The van der Waals surface area contributed by atoms with Crippen LogP contribution in [0, 0.1) is 0 Å². The molecule has 2 rings (SSSR count). The Kier molecular flexibility index (Phi) is 5.63. The van der Waals surface area contributed by atoms with Gasteiger partial charge in [0.05, 0.1) is 6.61 Å². The summed E-state index contributed by atoms with van der Waals surface area (Å²) in [6.45, 7) is 5.36. The lowest BCUT2D eigenvalue weighted by Crippen LogP contribution is -2.47. The highest BCUT2D eigenvalue weighted by Gasteiger charge is 2.23. The first-order valence-corrected chi connectivity index (χ1v) is 7.64. The molecule has 0 aliphatic carbocycles. The lowest BCUT2D eigenvalue weighted by molar-refractivity contribution is -0.119. The summed E-state index contributed by atoms with van der Waals surface area (Å²) < 4.78 is 5.37. The zero-order valence-electron chi connectivity index (χ0n) is 13.1. The molecule has 22 heavy (non-hydrogen) atoms. The van der Waals surface area contributed by atoms with E-state index in [1.165, 1.54) is 6.92 Å². The summed E-state index contributed by atoms with van der Waals surface area (Å²) in [6, 6.07) is 7.39. The lowest BCUT2D eigenvalue weighted by atomic mass is 10.1. The Morgan fingerprint density at radius 3 is 2.41 bits per heavy atom. The van der Waals surface area contributed by atoms with E-state index in [1.807, 2.05) is 31.2 Å². The summed E-state index contributed by atoms with van der Waals surface area (Å²) in [5, 5.41) is 5.78. The van der Waals surface area contributed by atoms with Crippen molar-refractivity contribution < 1.29 is 14.3 Å². The van der Waals surface area contributed by atoms with Gasteiger partial charge in [-0.2, -0.15) is 0 Å². The first kappa shape index (κ1) is 16.1. The van der Waals surface area contributed by atoms with Crippen molar-refractivity contribution in [3.63, 3.8) is 0 Å². The molecule has 6 nitrogen and oxygen atoms in total. The lowest BCUT2D eigenvalue weighted by Gasteiger charge is -2.32. The van der Waals surface area contributed by atoms with Gasteiger partial charge in [0.25, 0.3) is 0 Å². The molecule has 0 unspecified atom stereocenters. The Labute approximate surface area is 130 Å². The molecule has 0 atom stereocenters. The Bertz CT molecular complexity index is 508. The van der Waals surface area contributed by atoms with Crippen molar-refractivity contribution in [2.75, 3.05) is 25.0 Å². The molecule has 1 fully saturated rings. The van der Waals surface area contributed by atoms with E-state index >= 15 is 0 Å². The van der Waals surface area contributed by atoms with Gasteiger partial charge in [0, 0.05) is 31.7 Å². The van der Waals surface area contributed by atoms with Gasteiger partial charge in [-0.25, -0.2) is 4.79 Å². The van der Waals surface area contributed by atoms with Gasteiger partial charge < -0.3 is 20.3 Å². The second kappa shape index (κ2) is 7.68. The molecule has 3 amide bonds. The number of piperidine rings is 1. The number of anilines is 1. The van der Waals surface area contributed by atoms with E-state index in [9.17, 15) is 9.59 Å². The molecule has 2 N–H and O–H groups in total. The maximum Gasteiger partial charge on any atom is 0.321 e. The number of nitrogens with one attached hydrogen (secondary N) is 2. The highest BCUT2D eigenvalue weighted by molar-refractivity contribution is 5.89. The van der Waals surface area contributed by atoms with Crippen molar-refractivity contribution in [1.29, 1.82) is 0 Å². The first-order valence-electron chi connectivity index (χ1n) is 7.64. The predicted octanol–water partition coefficient (Wildman–Crippen LogP) is 2.22. The van der Waals surface area contributed by atoms with Crippen molar-refractivity contribution >= 4 is 17.6 Å². The van der Waals surface area contributed by atoms with Crippen LogP contribution in [0.1, 0.15) is 26.7 Å². The minimum atomic E-state index is -0.106. The number of carbonyl (C=O) groups is 2. The number of hydrogen-bond acceptors (Lipinski definition) is 3. The number of urea groups is 1. The van der Waals surface area contributed by atoms with Crippen LogP contribution in [0.2, 0.25) is 0 Å². The molecule has 1 aromatic rings. The fourth-order valence-corrected chi connectivity index (χ4v) is 2.52. The molecule has 0 bridgehead atoms. The molecule has 0 saturated carbocycles. The van der Waals surface area contributed by atoms with Crippen molar-refractivity contribution in [3.8, 4) is 5.75 Å². The minimum absolute atomic E-state index is 0.0164. The summed E-state index contributed by atoms with van der Waals surface area (Å²) in [5.74, 6) is 0.772. The largest absolute Gasteiger partial charge is 0.494 e. The minimum Gasteiger partial charge on any atom is -0.494 e. The summed E-state index contributed by atoms with van der Waals surface area (Å²) in [5.41, 5.74) is 0.748. The average Bonchev–Trinajstić information content (AvgIpc) is 2.49. The molecule has 0 spiro atoms. The fourth-order valence-electron chi connectivity index (χ4n) is 2.52. The smallest absolute Gasteiger partial charge is 0.321 e. The Morgan fingerprint density at radius 2 is 1.86 bits per heavy atom. The number of rotatable bonds is 4. The van der Waals surface area contributed by atoms with Crippen LogP contribution in [0.25, 0.3) is 0 Å². The highest BCUT2D eigenvalue weighted by Crippen LogP contribution is 2.17. The van der Waals surface area contributed by atoms with Crippen LogP contribution in [0.15, 0.2) is 24.3 Å². The van der Waals surface area contributed by atoms with E-state index in [4.69, 9.17) is 4.74 Å². The second-order valence-corrected chi connectivity index (χ2v) is 5.35. The van der Waals surface area contributed by atoms with Gasteiger partial charge in [0.1, 0.15) is 5.75 Å². The zero-order valence-corrected chi connectivity index (χ0v) is 13.1. The maximum atomic E-state index is 12.2. The van der Waals surface area contributed by atoms with Crippen LogP contribution < -0.4 is 15.4 Å². The number of amides is 3. The van der Waals surface area contributed by atoms with E-state index in [1.54, 1.807) is 4.90 Å². The van der Waals surface area contributed by atoms with Crippen LogP contribution >= 0.6 is 0 Å². The zero-order chi connectivity index (χ0) is 15.9. The molecule has 6 heteroatoms. The monoisotopic (exact) mass is 305 g/mol. The standard InChI is InChI=1S/C16H23N3O3/c1-3-22-15-6-4-13(5-7-15)18-16(21)19-10-8-14(9-11-19)17-12(2)20/h4-7,14H,3,8-11H2,1-2H3,(H,17,20)(H,18,21). The van der Waals surface area contributed by atoms with E-state index in [-0.39, 0.29) is 18.0 Å². The molecular formula is C16H23N3O3. The van der Waals surface area contributed by atoms with Gasteiger partial charge in [-0.15, -0.1) is 0 Å². The normalized spacial score (nSPS) is 15.3. The summed E-state index contributed by atoms with van der Waals surface area (Å²) in [7, 11) is 0. The van der Waals surface area contributed by atoms with Crippen LogP contribution in [0.3, 0.4) is 0 Å². The summed E-state index contributed by atoms with van der Waals surface area (Å²) in [4.78, 5) is 25.0. The van der Waals surface area contributed by atoms with Gasteiger partial charge in [-0.1, -0.05) is 0 Å². The molecular weight excluding hydrogens is 282 g/mol. The van der Waals surface area contributed by atoms with Gasteiger partial charge >= 0.3 is 6.03 Å². The van der Waals surface area contributed by atoms with E-state index < -0.39 is 0 Å². The van der Waals surface area contributed by atoms with Crippen LogP contribution in [-0.2, 0) is 4.79 Å².